The fourth-order valence-corrected chi connectivity index (χ4v) is 1.51. The van der Waals surface area contributed by atoms with Crippen molar-refractivity contribution in [3.63, 3.8) is 0 Å². The second-order valence-corrected chi connectivity index (χ2v) is 4.93. The largest absolute Gasteiger partial charge is 0.491 e. The van der Waals surface area contributed by atoms with Crippen LogP contribution in [0.3, 0.4) is 0 Å². The Kier molecular flexibility index (Phi) is 7.69. The Labute approximate surface area is 120 Å². The van der Waals surface area contributed by atoms with Gasteiger partial charge in [0, 0.05) is 25.6 Å². The monoisotopic (exact) mass is 280 g/mol. The maximum Gasteiger partial charge on any atom is 0.222 e. The van der Waals surface area contributed by atoms with Crippen LogP contribution in [-0.4, -0.2) is 43.4 Å². The summed E-state index contributed by atoms with van der Waals surface area (Å²) in [6.45, 7) is 5.57. The van der Waals surface area contributed by atoms with Crippen LogP contribution in [0.4, 0.5) is 0 Å². The predicted molar refractivity (Wildman–Crippen MR) is 78.7 cm³/mol. The standard InChI is InChI=1S/C15H24N2O3/c1-12(2)15(19)17-9-8-16-10-13(18)11-20-14-6-4-3-5-7-14/h3-7,12-13,16,18H,8-11H2,1-2H3,(H,17,19)/t13-/m1/s1. The van der Waals surface area contributed by atoms with Crippen molar-refractivity contribution in [1.29, 1.82) is 0 Å². The van der Waals surface area contributed by atoms with Crippen molar-refractivity contribution in [1.82, 2.24) is 10.6 Å². The fraction of sp³-hybridized carbons (Fsp3) is 0.533. The zero-order chi connectivity index (χ0) is 14.8. The lowest BCUT2D eigenvalue weighted by atomic mass is 10.2. The summed E-state index contributed by atoms with van der Waals surface area (Å²) in [6.07, 6.45) is -0.573. The lowest BCUT2D eigenvalue weighted by molar-refractivity contribution is -0.123. The molecule has 3 N–H and O–H groups in total. The highest BCUT2D eigenvalue weighted by atomic mass is 16.5. The second-order valence-electron chi connectivity index (χ2n) is 4.93. The van der Waals surface area contributed by atoms with Crippen LogP contribution < -0.4 is 15.4 Å². The van der Waals surface area contributed by atoms with Crippen molar-refractivity contribution in [3.8, 4) is 5.75 Å². The highest BCUT2D eigenvalue weighted by Gasteiger charge is 2.06. The maximum atomic E-state index is 11.3. The minimum absolute atomic E-state index is 0.000127. The van der Waals surface area contributed by atoms with E-state index in [0.717, 1.165) is 5.75 Å². The number of rotatable bonds is 9. The summed E-state index contributed by atoms with van der Waals surface area (Å²) >= 11 is 0. The minimum Gasteiger partial charge on any atom is -0.491 e. The number of hydrogen-bond acceptors (Lipinski definition) is 4. The van der Waals surface area contributed by atoms with E-state index in [4.69, 9.17) is 4.74 Å². The van der Waals surface area contributed by atoms with Gasteiger partial charge in [0.2, 0.25) is 5.91 Å². The Morgan fingerprint density at radius 3 is 2.60 bits per heavy atom. The number of ether oxygens (including phenoxy) is 1. The van der Waals surface area contributed by atoms with E-state index in [1.165, 1.54) is 0 Å². The number of carbonyl (C=O) groups is 1. The van der Waals surface area contributed by atoms with Crippen LogP contribution in [0.15, 0.2) is 30.3 Å². The third-order valence-electron chi connectivity index (χ3n) is 2.69. The van der Waals surface area contributed by atoms with Crippen molar-refractivity contribution >= 4 is 5.91 Å². The number of aliphatic hydroxyl groups excluding tert-OH is 1. The van der Waals surface area contributed by atoms with Crippen LogP contribution in [-0.2, 0) is 4.79 Å². The molecule has 0 unspecified atom stereocenters. The Bertz CT molecular complexity index is 382. The summed E-state index contributed by atoms with van der Waals surface area (Å²) in [6, 6.07) is 9.38. The van der Waals surface area contributed by atoms with E-state index in [2.05, 4.69) is 10.6 Å². The molecule has 1 atom stereocenters. The lowest BCUT2D eigenvalue weighted by Gasteiger charge is -2.13. The third kappa shape index (κ3) is 7.11. The Morgan fingerprint density at radius 2 is 1.95 bits per heavy atom. The lowest BCUT2D eigenvalue weighted by Crippen LogP contribution is -2.38. The highest BCUT2D eigenvalue weighted by Crippen LogP contribution is 2.08. The molecular weight excluding hydrogens is 256 g/mol. The smallest absolute Gasteiger partial charge is 0.222 e. The maximum absolute atomic E-state index is 11.3. The quantitative estimate of drug-likeness (QED) is 0.585. The zero-order valence-electron chi connectivity index (χ0n) is 12.1. The number of carbonyl (C=O) groups excluding carboxylic acids is 1. The predicted octanol–water partition coefficient (Wildman–Crippen LogP) is 0.788. The molecule has 0 bridgehead atoms. The van der Waals surface area contributed by atoms with Crippen molar-refractivity contribution in [3.05, 3.63) is 30.3 Å². The van der Waals surface area contributed by atoms with E-state index in [1.807, 2.05) is 44.2 Å². The molecule has 0 heterocycles. The first-order chi connectivity index (χ1) is 9.59. The van der Waals surface area contributed by atoms with Gasteiger partial charge in [-0.05, 0) is 12.1 Å². The molecule has 0 saturated carbocycles. The molecule has 0 saturated heterocycles. The summed E-state index contributed by atoms with van der Waals surface area (Å²) in [5.74, 6) is 0.787. The Morgan fingerprint density at radius 1 is 1.25 bits per heavy atom. The molecule has 5 nitrogen and oxygen atoms in total. The van der Waals surface area contributed by atoms with Crippen LogP contribution in [0.5, 0.6) is 5.75 Å². The molecule has 0 aromatic heterocycles. The first kappa shape index (κ1) is 16.5. The summed E-state index contributed by atoms with van der Waals surface area (Å²) in [5.41, 5.74) is 0. The van der Waals surface area contributed by atoms with Gasteiger partial charge in [0.25, 0.3) is 0 Å². The van der Waals surface area contributed by atoms with Gasteiger partial charge in [0.15, 0.2) is 0 Å². The molecule has 20 heavy (non-hydrogen) atoms. The molecule has 0 aliphatic carbocycles. The Balaban J connectivity index is 2.03. The van der Waals surface area contributed by atoms with Crippen LogP contribution in [0.2, 0.25) is 0 Å². The van der Waals surface area contributed by atoms with Crippen LogP contribution in [0.25, 0.3) is 0 Å². The number of benzene rings is 1. The summed E-state index contributed by atoms with van der Waals surface area (Å²) in [4.78, 5) is 11.3. The van der Waals surface area contributed by atoms with Crippen molar-refractivity contribution in [2.24, 2.45) is 5.92 Å². The number of aliphatic hydroxyl groups is 1. The van der Waals surface area contributed by atoms with Gasteiger partial charge in [-0.15, -0.1) is 0 Å². The van der Waals surface area contributed by atoms with Crippen LogP contribution in [0.1, 0.15) is 13.8 Å². The van der Waals surface area contributed by atoms with E-state index in [9.17, 15) is 9.90 Å². The first-order valence-corrected chi connectivity index (χ1v) is 6.94. The summed E-state index contributed by atoms with van der Waals surface area (Å²) < 4.78 is 5.43. The van der Waals surface area contributed by atoms with E-state index in [1.54, 1.807) is 0 Å². The summed E-state index contributed by atoms with van der Waals surface area (Å²) in [7, 11) is 0. The molecule has 0 aliphatic rings. The molecule has 5 heteroatoms. The fourth-order valence-electron chi connectivity index (χ4n) is 1.51. The van der Waals surface area contributed by atoms with Crippen molar-refractivity contribution in [2.75, 3.05) is 26.2 Å². The summed E-state index contributed by atoms with van der Waals surface area (Å²) in [5, 5.41) is 15.6. The second kappa shape index (κ2) is 9.34. The number of nitrogens with one attached hydrogen (secondary N) is 2. The zero-order valence-corrected chi connectivity index (χ0v) is 12.1. The van der Waals surface area contributed by atoms with Gasteiger partial charge >= 0.3 is 0 Å². The molecule has 0 fully saturated rings. The van der Waals surface area contributed by atoms with Crippen LogP contribution >= 0.6 is 0 Å². The van der Waals surface area contributed by atoms with Gasteiger partial charge in [-0.1, -0.05) is 32.0 Å². The average molecular weight is 280 g/mol. The molecular formula is C15H24N2O3. The number of hydrogen-bond donors (Lipinski definition) is 3. The van der Waals surface area contributed by atoms with Crippen molar-refractivity contribution in [2.45, 2.75) is 20.0 Å². The molecule has 0 radical (unpaired) electrons. The minimum atomic E-state index is -0.573. The Hall–Kier alpha value is -1.59. The van der Waals surface area contributed by atoms with E-state index < -0.39 is 6.10 Å². The highest BCUT2D eigenvalue weighted by molar-refractivity contribution is 5.77. The van der Waals surface area contributed by atoms with Gasteiger partial charge in [0.05, 0.1) is 0 Å². The molecule has 1 aromatic rings. The van der Waals surface area contributed by atoms with Gasteiger partial charge in [0.1, 0.15) is 18.5 Å². The molecule has 112 valence electrons. The normalized spacial score (nSPS) is 12.2. The van der Waals surface area contributed by atoms with Crippen molar-refractivity contribution < 1.29 is 14.6 Å². The van der Waals surface area contributed by atoms with Gasteiger partial charge in [-0.3, -0.25) is 4.79 Å². The van der Waals surface area contributed by atoms with E-state index in [0.29, 0.717) is 19.6 Å². The van der Waals surface area contributed by atoms with Gasteiger partial charge < -0.3 is 20.5 Å². The molecule has 0 aliphatic heterocycles. The number of amides is 1. The molecule has 1 rings (SSSR count). The SMILES string of the molecule is CC(C)C(=O)NCCNC[C@@H](O)COc1ccccc1. The average Bonchev–Trinajstić information content (AvgIpc) is 2.45. The first-order valence-electron chi connectivity index (χ1n) is 6.94. The number of para-hydroxylation sites is 1. The molecule has 1 amide bonds. The molecule has 0 spiro atoms. The third-order valence-corrected chi connectivity index (χ3v) is 2.69. The van der Waals surface area contributed by atoms with Gasteiger partial charge in [-0.25, -0.2) is 0 Å². The van der Waals surface area contributed by atoms with E-state index in [-0.39, 0.29) is 18.4 Å². The topological polar surface area (TPSA) is 70.6 Å². The van der Waals surface area contributed by atoms with Crippen LogP contribution in [0, 0.1) is 5.92 Å². The molecule has 1 aromatic carbocycles. The van der Waals surface area contributed by atoms with E-state index >= 15 is 0 Å². The van der Waals surface area contributed by atoms with Gasteiger partial charge in [-0.2, -0.15) is 0 Å².